The van der Waals surface area contributed by atoms with Crippen molar-refractivity contribution in [1.29, 1.82) is 0 Å². The van der Waals surface area contributed by atoms with Gasteiger partial charge in [0, 0.05) is 11.6 Å². The van der Waals surface area contributed by atoms with Crippen molar-refractivity contribution < 1.29 is 5.11 Å². The van der Waals surface area contributed by atoms with Crippen molar-refractivity contribution >= 4 is 0 Å². The van der Waals surface area contributed by atoms with Crippen LogP contribution < -0.4 is 5.32 Å². The van der Waals surface area contributed by atoms with Crippen molar-refractivity contribution in [1.82, 2.24) is 5.32 Å². The lowest BCUT2D eigenvalue weighted by Crippen LogP contribution is -2.12. The quantitative estimate of drug-likeness (QED) is 0.661. The molecule has 64 valence electrons. The molecule has 1 atom stereocenters. The number of phenolic OH excluding ortho intramolecular Hbond substituents is 1. The average Bonchev–Trinajstić information content (AvgIpc) is 2.57. The van der Waals surface area contributed by atoms with E-state index in [2.05, 4.69) is 5.32 Å². The van der Waals surface area contributed by atoms with Gasteiger partial charge in [0.05, 0.1) is 0 Å². The number of nitrogens with one attached hydrogen (secondary N) is 1. The average molecular weight is 163 g/mol. The van der Waals surface area contributed by atoms with Gasteiger partial charge in [-0.1, -0.05) is 18.2 Å². The van der Waals surface area contributed by atoms with Crippen LogP contribution in [0.25, 0.3) is 0 Å². The lowest BCUT2D eigenvalue weighted by atomic mass is 10.0. The Labute approximate surface area is 72.2 Å². The van der Waals surface area contributed by atoms with Crippen molar-refractivity contribution in [3.8, 4) is 5.75 Å². The third kappa shape index (κ3) is 1.30. The minimum Gasteiger partial charge on any atom is -0.508 e. The molecule has 1 aliphatic heterocycles. The molecule has 0 saturated carbocycles. The van der Waals surface area contributed by atoms with Crippen LogP contribution in [0.15, 0.2) is 24.3 Å². The fourth-order valence-electron chi connectivity index (χ4n) is 1.73. The summed E-state index contributed by atoms with van der Waals surface area (Å²) in [5.41, 5.74) is 1.04. The molecule has 1 fully saturated rings. The SMILES string of the molecule is Oc1ccccc1[C@@H]1CCCN1. The van der Waals surface area contributed by atoms with Crippen molar-refractivity contribution in [3.05, 3.63) is 29.8 Å². The fourth-order valence-corrected chi connectivity index (χ4v) is 1.73. The third-order valence-electron chi connectivity index (χ3n) is 2.37. The summed E-state index contributed by atoms with van der Waals surface area (Å²) in [6.07, 6.45) is 2.34. The van der Waals surface area contributed by atoms with E-state index < -0.39 is 0 Å². The minimum atomic E-state index is 0.367. The zero-order chi connectivity index (χ0) is 8.39. The topological polar surface area (TPSA) is 32.3 Å². The Kier molecular flexibility index (Phi) is 2.00. The van der Waals surface area contributed by atoms with Crippen LogP contribution in [0.1, 0.15) is 24.4 Å². The summed E-state index contributed by atoms with van der Waals surface area (Å²) in [5.74, 6) is 0.414. The smallest absolute Gasteiger partial charge is 0.120 e. The molecule has 2 N–H and O–H groups in total. The first-order valence-corrected chi connectivity index (χ1v) is 4.39. The van der Waals surface area contributed by atoms with E-state index in [0.717, 1.165) is 18.5 Å². The van der Waals surface area contributed by atoms with Crippen LogP contribution in [-0.2, 0) is 0 Å². The van der Waals surface area contributed by atoms with Gasteiger partial charge in [-0.2, -0.15) is 0 Å². The van der Waals surface area contributed by atoms with Crippen LogP contribution in [0, 0.1) is 0 Å². The Morgan fingerprint density at radius 3 is 2.83 bits per heavy atom. The fraction of sp³-hybridized carbons (Fsp3) is 0.400. The van der Waals surface area contributed by atoms with Gasteiger partial charge < -0.3 is 10.4 Å². The minimum absolute atomic E-state index is 0.367. The van der Waals surface area contributed by atoms with E-state index in [1.807, 2.05) is 18.2 Å². The highest BCUT2D eigenvalue weighted by atomic mass is 16.3. The predicted octanol–water partition coefficient (Wildman–Crippen LogP) is 1.82. The van der Waals surface area contributed by atoms with Gasteiger partial charge in [-0.15, -0.1) is 0 Å². The first-order chi connectivity index (χ1) is 5.88. The molecule has 2 rings (SSSR count). The van der Waals surface area contributed by atoms with E-state index in [0.29, 0.717) is 11.8 Å². The van der Waals surface area contributed by atoms with Crippen LogP contribution >= 0.6 is 0 Å². The maximum absolute atomic E-state index is 9.53. The Bertz CT molecular complexity index is 266. The molecule has 0 amide bonds. The van der Waals surface area contributed by atoms with Crippen LogP contribution in [0.4, 0.5) is 0 Å². The van der Waals surface area contributed by atoms with E-state index in [1.165, 1.54) is 6.42 Å². The summed E-state index contributed by atoms with van der Waals surface area (Å²) < 4.78 is 0. The maximum atomic E-state index is 9.53. The molecule has 2 nitrogen and oxygen atoms in total. The van der Waals surface area contributed by atoms with Gasteiger partial charge in [0.2, 0.25) is 0 Å². The number of benzene rings is 1. The zero-order valence-corrected chi connectivity index (χ0v) is 6.96. The van der Waals surface area contributed by atoms with E-state index >= 15 is 0 Å². The first-order valence-electron chi connectivity index (χ1n) is 4.39. The molecule has 1 aromatic carbocycles. The molecule has 12 heavy (non-hydrogen) atoms. The van der Waals surface area contributed by atoms with Crippen molar-refractivity contribution in [2.24, 2.45) is 0 Å². The Hall–Kier alpha value is -1.02. The van der Waals surface area contributed by atoms with Gasteiger partial charge in [-0.05, 0) is 25.5 Å². The molecule has 0 aromatic heterocycles. The Balaban J connectivity index is 2.26. The highest BCUT2D eigenvalue weighted by molar-refractivity contribution is 5.34. The van der Waals surface area contributed by atoms with Crippen LogP contribution in [0.5, 0.6) is 5.75 Å². The van der Waals surface area contributed by atoms with Crippen LogP contribution in [0.2, 0.25) is 0 Å². The number of hydrogen-bond donors (Lipinski definition) is 2. The number of aromatic hydroxyl groups is 1. The molecule has 0 unspecified atom stereocenters. The molecule has 0 bridgehead atoms. The number of phenols is 1. The molecule has 0 aliphatic carbocycles. The van der Waals surface area contributed by atoms with Gasteiger partial charge >= 0.3 is 0 Å². The summed E-state index contributed by atoms with van der Waals surface area (Å²) in [6, 6.07) is 7.92. The van der Waals surface area contributed by atoms with E-state index in [-0.39, 0.29) is 0 Å². The van der Waals surface area contributed by atoms with Gasteiger partial charge in [-0.25, -0.2) is 0 Å². The first kappa shape index (κ1) is 7.62. The highest BCUT2D eigenvalue weighted by Crippen LogP contribution is 2.29. The molecule has 1 aliphatic rings. The van der Waals surface area contributed by atoms with Gasteiger partial charge in [-0.3, -0.25) is 0 Å². The molecule has 1 saturated heterocycles. The molecular formula is C10H13NO. The van der Waals surface area contributed by atoms with Crippen molar-refractivity contribution in [3.63, 3.8) is 0 Å². The second kappa shape index (κ2) is 3.15. The largest absolute Gasteiger partial charge is 0.508 e. The molecule has 0 radical (unpaired) electrons. The van der Waals surface area contributed by atoms with E-state index in [1.54, 1.807) is 6.07 Å². The van der Waals surface area contributed by atoms with Crippen LogP contribution in [-0.4, -0.2) is 11.7 Å². The van der Waals surface area contributed by atoms with Gasteiger partial charge in [0.25, 0.3) is 0 Å². The molecule has 0 spiro atoms. The summed E-state index contributed by atoms with van der Waals surface area (Å²) >= 11 is 0. The van der Waals surface area contributed by atoms with Crippen molar-refractivity contribution in [2.75, 3.05) is 6.54 Å². The Morgan fingerprint density at radius 1 is 1.33 bits per heavy atom. The lowest BCUT2D eigenvalue weighted by Gasteiger charge is -2.11. The standard InChI is InChI=1S/C10H13NO/c12-10-6-2-1-4-8(10)9-5-3-7-11-9/h1-2,4,6,9,11-12H,3,5,7H2/t9-/m0/s1. The summed E-state index contributed by atoms with van der Waals surface area (Å²) in [6.45, 7) is 1.07. The number of hydrogen-bond acceptors (Lipinski definition) is 2. The summed E-state index contributed by atoms with van der Waals surface area (Å²) in [7, 11) is 0. The maximum Gasteiger partial charge on any atom is 0.120 e. The lowest BCUT2D eigenvalue weighted by molar-refractivity contribution is 0.457. The highest BCUT2D eigenvalue weighted by Gasteiger charge is 2.18. The Morgan fingerprint density at radius 2 is 2.17 bits per heavy atom. The summed E-state index contributed by atoms with van der Waals surface area (Å²) in [5, 5.41) is 12.9. The summed E-state index contributed by atoms with van der Waals surface area (Å²) in [4.78, 5) is 0. The van der Waals surface area contributed by atoms with Gasteiger partial charge in [0.15, 0.2) is 0 Å². The molecule has 1 heterocycles. The third-order valence-corrected chi connectivity index (χ3v) is 2.37. The van der Waals surface area contributed by atoms with Crippen molar-refractivity contribution in [2.45, 2.75) is 18.9 Å². The number of rotatable bonds is 1. The van der Waals surface area contributed by atoms with E-state index in [9.17, 15) is 5.11 Å². The molecular weight excluding hydrogens is 150 g/mol. The second-order valence-corrected chi connectivity index (χ2v) is 3.21. The van der Waals surface area contributed by atoms with Gasteiger partial charge in [0.1, 0.15) is 5.75 Å². The van der Waals surface area contributed by atoms with E-state index in [4.69, 9.17) is 0 Å². The zero-order valence-electron chi connectivity index (χ0n) is 6.96. The monoisotopic (exact) mass is 163 g/mol. The molecule has 2 heteroatoms. The normalized spacial score (nSPS) is 22.8. The second-order valence-electron chi connectivity index (χ2n) is 3.21. The predicted molar refractivity (Wildman–Crippen MR) is 48.1 cm³/mol. The molecule has 1 aromatic rings. The number of para-hydroxylation sites is 1. The van der Waals surface area contributed by atoms with Crippen LogP contribution in [0.3, 0.4) is 0 Å².